The van der Waals surface area contributed by atoms with Gasteiger partial charge in [0, 0.05) is 10.7 Å². The number of hydrogen-bond acceptors (Lipinski definition) is 3. The van der Waals surface area contributed by atoms with Crippen molar-refractivity contribution in [2.24, 2.45) is 0 Å². The van der Waals surface area contributed by atoms with Crippen LogP contribution < -0.4 is 0 Å². The summed E-state index contributed by atoms with van der Waals surface area (Å²) in [5.74, 6) is -0.608. The highest BCUT2D eigenvalue weighted by atomic mass is 79.9. The predicted octanol–water partition coefficient (Wildman–Crippen LogP) is 4.14. The monoisotopic (exact) mass is 364 g/mol. The molecule has 0 aliphatic carbocycles. The van der Waals surface area contributed by atoms with E-state index in [1.807, 2.05) is 0 Å². The Hall–Kier alpha value is -1.47. The van der Waals surface area contributed by atoms with Crippen molar-refractivity contribution >= 4 is 33.3 Å². The van der Waals surface area contributed by atoms with Crippen LogP contribution in [0.15, 0.2) is 34.9 Å². The molecule has 0 saturated heterocycles. The molecule has 2 heterocycles. The van der Waals surface area contributed by atoms with E-state index in [9.17, 15) is 18.0 Å². The summed E-state index contributed by atoms with van der Waals surface area (Å²) in [5, 5.41) is -0.512. The Morgan fingerprint density at radius 2 is 1.95 bits per heavy atom. The van der Waals surface area contributed by atoms with E-state index in [0.717, 1.165) is 6.07 Å². The van der Waals surface area contributed by atoms with Crippen LogP contribution in [-0.2, 0) is 6.18 Å². The van der Waals surface area contributed by atoms with E-state index >= 15 is 0 Å². The second-order valence-electron chi connectivity index (χ2n) is 3.70. The zero-order valence-electron chi connectivity index (χ0n) is 9.58. The maximum atomic E-state index is 12.5. The number of rotatable bonds is 2. The lowest BCUT2D eigenvalue weighted by molar-refractivity contribution is -0.141. The maximum absolute atomic E-state index is 12.5. The highest BCUT2D eigenvalue weighted by molar-refractivity contribution is 9.10. The standard InChI is InChI=1S/C12H5BrClF3N2O/c13-7-2-1-5-18-9(7)10(20)6-3-4-8(12(15,16)17)19-11(6)14/h1-5H. The average Bonchev–Trinajstić information content (AvgIpc) is 2.37. The minimum atomic E-state index is -4.61. The van der Waals surface area contributed by atoms with Crippen molar-refractivity contribution in [3.63, 3.8) is 0 Å². The third-order valence-electron chi connectivity index (χ3n) is 2.36. The Bertz CT molecular complexity index is 676. The topological polar surface area (TPSA) is 42.9 Å². The third-order valence-corrected chi connectivity index (χ3v) is 3.29. The summed E-state index contributed by atoms with van der Waals surface area (Å²) in [6.07, 6.45) is -3.22. The molecule has 2 aromatic rings. The molecule has 0 spiro atoms. The van der Waals surface area contributed by atoms with Crippen LogP contribution in [0.3, 0.4) is 0 Å². The molecular weight excluding hydrogens is 360 g/mol. The van der Waals surface area contributed by atoms with Crippen molar-refractivity contribution in [3.8, 4) is 0 Å². The van der Waals surface area contributed by atoms with Crippen LogP contribution in [0.1, 0.15) is 21.7 Å². The molecule has 0 aliphatic rings. The summed E-state index contributed by atoms with van der Waals surface area (Å²) in [6, 6.07) is 4.89. The first-order valence-corrected chi connectivity index (χ1v) is 6.37. The molecule has 0 bridgehead atoms. The molecule has 0 amide bonds. The molecule has 0 aromatic carbocycles. The minimum Gasteiger partial charge on any atom is -0.287 e. The van der Waals surface area contributed by atoms with Crippen molar-refractivity contribution in [1.82, 2.24) is 9.97 Å². The average molecular weight is 366 g/mol. The van der Waals surface area contributed by atoms with Crippen LogP contribution >= 0.6 is 27.5 Å². The van der Waals surface area contributed by atoms with Gasteiger partial charge in [0.05, 0.1) is 5.56 Å². The van der Waals surface area contributed by atoms with E-state index in [1.54, 1.807) is 12.1 Å². The molecule has 2 rings (SSSR count). The Morgan fingerprint density at radius 1 is 1.25 bits per heavy atom. The number of hydrogen-bond donors (Lipinski definition) is 0. The fourth-order valence-corrected chi connectivity index (χ4v) is 2.12. The maximum Gasteiger partial charge on any atom is 0.433 e. The number of halogens is 5. The van der Waals surface area contributed by atoms with E-state index < -0.39 is 22.8 Å². The highest BCUT2D eigenvalue weighted by Crippen LogP contribution is 2.30. The lowest BCUT2D eigenvalue weighted by Crippen LogP contribution is -2.11. The van der Waals surface area contributed by atoms with E-state index in [2.05, 4.69) is 25.9 Å². The molecule has 3 nitrogen and oxygen atoms in total. The number of aromatic nitrogens is 2. The highest BCUT2D eigenvalue weighted by Gasteiger charge is 2.33. The van der Waals surface area contributed by atoms with E-state index in [4.69, 9.17) is 11.6 Å². The van der Waals surface area contributed by atoms with E-state index in [0.29, 0.717) is 10.5 Å². The van der Waals surface area contributed by atoms with Crippen molar-refractivity contribution in [2.45, 2.75) is 6.18 Å². The van der Waals surface area contributed by atoms with E-state index in [-0.39, 0.29) is 11.3 Å². The molecule has 0 unspecified atom stereocenters. The second-order valence-corrected chi connectivity index (χ2v) is 4.91. The molecule has 0 fully saturated rings. The largest absolute Gasteiger partial charge is 0.433 e. The zero-order chi connectivity index (χ0) is 14.9. The van der Waals surface area contributed by atoms with Crippen LogP contribution in [0, 0.1) is 0 Å². The van der Waals surface area contributed by atoms with Gasteiger partial charge in [-0.15, -0.1) is 0 Å². The summed E-state index contributed by atoms with van der Waals surface area (Å²) in [4.78, 5) is 19.2. The van der Waals surface area contributed by atoms with Gasteiger partial charge in [-0.2, -0.15) is 13.2 Å². The first-order valence-electron chi connectivity index (χ1n) is 5.19. The number of carbonyl (C=O) groups is 1. The van der Waals surface area contributed by atoms with Crippen LogP contribution in [0.5, 0.6) is 0 Å². The van der Waals surface area contributed by atoms with Crippen molar-refractivity contribution in [2.75, 3.05) is 0 Å². The summed E-state index contributed by atoms with van der Waals surface area (Å²) in [7, 11) is 0. The fraction of sp³-hybridized carbons (Fsp3) is 0.0833. The molecule has 104 valence electrons. The van der Waals surface area contributed by atoms with Crippen LogP contribution in [0.2, 0.25) is 5.15 Å². The molecule has 0 radical (unpaired) electrons. The van der Waals surface area contributed by atoms with Gasteiger partial charge >= 0.3 is 6.18 Å². The Labute approximate surface area is 124 Å². The Morgan fingerprint density at radius 3 is 2.50 bits per heavy atom. The Kier molecular flexibility index (Phi) is 4.10. The molecule has 0 N–H and O–H groups in total. The van der Waals surface area contributed by atoms with Crippen LogP contribution in [-0.4, -0.2) is 15.8 Å². The van der Waals surface area contributed by atoms with Crippen molar-refractivity contribution in [1.29, 1.82) is 0 Å². The van der Waals surface area contributed by atoms with Gasteiger partial charge < -0.3 is 0 Å². The number of ketones is 1. The SMILES string of the molecule is O=C(c1ccc(C(F)(F)F)nc1Cl)c1ncccc1Br. The fourth-order valence-electron chi connectivity index (χ4n) is 1.44. The number of pyridine rings is 2. The van der Waals surface area contributed by atoms with Gasteiger partial charge in [0.25, 0.3) is 0 Å². The first-order chi connectivity index (χ1) is 9.30. The summed E-state index contributed by atoms with van der Waals surface area (Å²) in [6.45, 7) is 0. The van der Waals surface area contributed by atoms with Crippen LogP contribution in [0.25, 0.3) is 0 Å². The van der Waals surface area contributed by atoms with Gasteiger partial charge in [0.1, 0.15) is 16.5 Å². The van der Waals surface area contributed by atoms with Gasteiger partial charge in [-0.25, -0.2) is 4.98 Å². The minimum absolute atomic E-state index is 0.0518. The van der Waals surface area contributed by atoms with Gasteiger partial charge in [-0.1, -0.05) is 11.6 Å². The lowest BCUT2D eigenvalue weighted by atomic mass is 10.1. The van der Waals surface area contributed by atoms with Crippen molar-refractivity contribution < 1.29 is 18.0 Å². The first kappa shape index (κ1) is 14.9. The lowest BCUT2D eigenvalue weighted by Gasteiger charge is -2.08. The van der Waals surface area contributed by atoms with Gasteiger partial charge in [0.15, 0.2) is 0 Å². The van der Waals surface area contributed by atoms with E-state index in [1.165, 1.54) is 6.20 Å². The normalized spacial score (nSPS) is 11.4. The Balaban J connectivity index is 2.45. The third kappa shape index (κ3) is 2.99. The second kappa shape index (κ2) is 5.49. The summed E-state index contributed by atoms with van der Waals surface area (Å²) in [5.41, 5.74) is -1.24. The molecular formula is C12H5BrClF3N2O. The van der Waals surface area contributed by atoms with Gasteiger partial charge in [-0.3, -0.25) is 9.78 Å². The molecule has 20 heavy (non-hydrogen) atoms. The smallest absolute Gasteiger partial charge is 0.287 e. The van der Waals surface area contributed by atoms with Crippen molar-refractivity contribution in [3.05, 3.63) is 57.0 Å². The number of carbonyl (C=O) groups excluding carboxylic acids is 1. The molecule has 0 aliphatic heterocycles. The van der Waals surface area contributed by atoms with Crippen LogP contribution in [0.4, 0.5) is 13.2 Å². The molecule has 8 heteroatoms. The molecule has 2 aromatic heterocycles. The zero-order valence-corrected chi connectivity index (χ0v) is 11.9. The molecule has 0 saturated carbocycles. The van der Waals surface area contributed by atoms with Gasteiger partial charge in [0.2, 0.25) is 5.78 Å². The quantitative estimate of drug-likeness (QED) is 0.593. The predicted molar refractivity (Wildman–Crippen MR) is 69.6 cm³/mol. The summed E-state index contributed by atoms with van der Waals surface area (Å²) >= 11 is 8.80. The van der Waals surface area contributed by atoms with Gasteiger partial charge in [-0.05, 0) is 40.2 Å². The number of nitrogens with zero attached hydrogens (tertiary/aromatic N) is 2. The summed E-state index contributed by atoms with van der Waals surface area (Å²) < 4.78 is 37.8. The number of alkyl halides is 3. The molecule has 0 atom stereocenters.